The van der Waals surface area contributed by atoms with Gasteiger partial charge in [0.15, 0.2) is 46.5 Å². The maximum absolute atomic E-state index is 14.9. The molecular weight excluding hydrogens is 999 g/mol. The predicted molar refractivity (Wildman–Crippen MR) is 258 cm³/mol. The number of benzene rings is 6. The number of hydrogen-bond acceptors (Lipinski definition) is 8. The van der Waals surface area contributed by atoms with E-state index in [1.807, 2.05) is 0 Å². The lowest BCUT2D eigenvalue weighted by Gasteiger charge is -2.35. The minimum Gasteiger partial charge on any atom is -0.497 e. The zero-order chi connectivity index (χ0) is 52.9. The van der Waals surface area contributed by atoms with Crippen LogP contribution in [0.15, 0.2) is 84.9 Å². The smallest absolute Gasteiger partial charge is 0.200 e. The number of ether oxygens (including phenoxy) is 6. The summed E-state index contributed by atoms with van der Waals surface area (Å²) in [6.45, 7) is 6.35. The fraction of sp³-hybridized carbons (Fsp3) is 0.368. The summed E-state index contributed by atoms with van der Waals surface area (Å²) in [5, 5.41) is 0. The number of fused-ring (bicyclic) bond motifs is 2. The van der Waals surface area contributed by atoms with Crippen LogP contribution < -0.4 is 28.4 Å². The van der Waals surface area contributed by atoms with Crippen molar-refractivity contribution in [1.29, 1.82) is 0 Å². The predicted octanol–water partition coefficient (Wildman–Crippen LogP) is 12.7. The van der Waals surface area contributed by atoms with Crippen LogP contribution >= 0.6 is 0 Å². The van der Waals surface area contributed by atoms with Crippen molar-refractivity contribution in [3.63, 3.8) is 0 Å². The molecule has 18 heteroatoms. The number of rotatable bonds is 14. The van der Waals surface area contributed by atoms with Gasteiger partial charge in [0.1, 0.15) is 47.7 Å². The van der Waals surface area contributed by atoms with E-state index in [1.54, 1.807) is 84.9 Å². The van der Waals surface area contributed by atoms with E-state index in [9.17, 15) is 43.9 Å². The Hall–Kier alpha value is -6.66. The van der Waals surface area contributed by atoms with E-state index in [4.69, 9.17) is 28.4 Å². The van der Waals surface area contributed by atoms with Gasteiger partial charge in [-0.15, -0.1) is 0 Å². The monoisotopic (exact) mass is 1050 g/mol. The van der Waals surface area contributed by atoms with Gasteiger partial charge in [-0.2, -0.15) is 0 Å². The third-order valence-corrected chi connectivity index (χ3v) is 14.5. The molecule has 0 amide bonds. The van der Waals surface area contributed by atoms with E-state index in [1.165, 1.54) is 46.3 Å². The average Bonchev–Trinajstić information content (AvgIpc) is 3.98. The lowest BCUT2D eigenvalue weighted by Crippen LogP contribution is -2.33. The summed E-state index contributed by atoms with van der Waals surface area (Å²) in [6, 6.07) is 23.9. The molecule has 4 aliphatic rings. The van der Waals surface area contributed by atoms with Crippen molar-refractivity contribution in [1.82, 2.24) is 9.80 Å². The van der Waals surface area contributed by atoms with Crippen LogP contribution in [0.4, 0.5) is 43.9 Å². The molecule has 2 saturated heterocycles. The van der Waals surface area contributed by atoms with E-state index in [-0.39, 0.29) is 13.2 Å². The third-order valence-electron chi connectivity index (χ3n) is 14.5. The highest BCUT2D eigenvalue weighted by molar-refractivity contribution is 5.53. The van der Waals surface area contributed by atoms with Crippen molar-refractivity contribution in [2.45, 2.75) is 55.8 Å². The number of methoxy groups -OCH3 is 2. The SMILES string of the molecule is COc1ccc2c(c1)OC[C@@H](c1c(F)c(F)c(F)c(F)c1F)[C@H]2c1ccc(OCCN2CCCC2)cc1.COc1ccc2c(c1)OC[C@@H](c1c(F)c(F)c(F)c(F)c1F)[C@H]2c1ccc(OCCN2CCCCC2)cc1. The standard InChI is InChI=1S/C29H28F5NO3.C28H26F5NO3/c1-36-19-9-10-20-22(15-19)38-16-21(24-25(30)27(32)29(34)28(33)26(24)31)23(20)17-5-7-18(8-6-17)37-14-13-35-11-3-2-4-12-35;1-35-18-8-9-19-21(14-18)37-15-20(23-24(29)26(31)28(33)27(32)25(23)30)22(19)16-4-6-17(7-5-16)36-13-12-34-10-2-3-11-34/h5-10,15,21,23H,2-4,11-14,16H2,1H3;4-9,14,20,22H,2-3,10-13,15H2,1H3/t21-,23+;20-,22+/m11/s1. The highest BCUT2D eigenvalue weighted by atomic mass is 19.2. The van der Waals surface area contributed by atoms with Crippen molar-refractivity contribution < 1.29 is 72.3 Å². The summed E-state index contributed by atoms with van der Waals surface area (Å²) in [7, 11) is 2.98. The molecule has 0 aliphatic carbocycles. The zero-order valence-corrected chi connectivity index (χ0v) is 41.1. The summed E-state index contributed by atoms with van der Waals surface area (Å²) >= 11 is 0. The molecule has 0 unspecified atom stereocenters. The van der Waals surface area contributed by atoms with E-state index in [2.05, 4.69) is 9.80 Å². The zero-order valence-electron chi connectivity index (χ0n) is 41.1. The number of piperidine rings is 1. The molecule has 0 radical (unpaired) electrons. The Bertz CT molecular complexity index is 2910. The molecule has 6 aromatic rings. The highest BCUT2D eigenvalue weighted by Crippen LogP contribution is 2.51. The van der Waals surface area contributed by atoms with Crippen LogP contribution in [0.2, 0.25) is 0 Å². The Balaban J connectivity index is 0.000000184. The van der Waals surface area contributed by atoms with Crippen LogP contribution in [-0.4, -0.2) is 89.7 Å². The molecule has 0 N–H and O–H groups in total. The van der Waals surface area contributed by atoms with Crippen molar-refractivity contribution in [3.05, 3.63) is 176 Å². The molecule has 2 fully saturated rings. The van der Waals surface area contributed by atoms with Gasteiger partial charge in [-0.1, -0.05) is 42.8 Å². The molecule has 8 nitrogen and oxygen atoms in total. The van der Waals surface area contributed by atoms with Gasteiger partial charge in [-0.05, 0) is 99.4 Å². The van der Waals surface area contributed by atoms with Crippen LogP contribution in [0.3, 0.4) is 0 Å². The van der Waals surface area contributed by atoms with Crippen molar-refractivity contribution in [2.75, 3.05) is 79.9 Å². The van der Waals surface area contributed by atoms with Gasteiger partial charge in [0.05, 0.1) is 27.4 Å². The maximum Gasteiger partial charge on any atom is 0.200 e. The largest absolute Gasteiger partial charge is 0.497 e. The Morgan fingerprint density at radius 1 is 0.413 bits per heavy atom. The normalized spacial score (nSPS) is 19.5. The Labute approximate surface area is 427 Å². The number of halogens is 10. The minimum absolute atomic E-state index is 0.294. The molecule has 4 heterocycles. The van der Waals surface area contributed by atoms with Crippen LogP contribution in [0, 0.1) is 58.2 Å². The van der Waals surface area contributed by atoms with Gasteiger partial charge in [0.25, 0.3) is 0 Å². The van der Waals surface area contributed by atoms with Gasteiger partial charge >= 0.3 is 0 Å². The lowest BCUT2D eigenvalue weighted by molar-refractivity contribution is 0.183. The molecular formula is C57H54F10N2O6. The molecule has 4 atom stereocenters. The summed E-state index contributed by atoms with van der Waals surface area (Å²) < 4.78 is 177. The van der Waals surface area contributed by atoms with Crippen molar-refractivity contribution in [2.24, 2.45) is 0 Å². The minimum atomic E-state index is -2.19. The van der Waals surface area contributed by atoms with Gasteiger partial charge in [-0.25, -0.2) is 43.9 Å². The van der Waals surface area contributed by atoms with Crippen molar-refractivity contribution in [3.8, 4) is 34.5 Å². The fourth-order valence-corrected chi connectivity index (χ4v) is 10.6. The van der Waals surface area contributed by atoms with Crippen LogP contribution in [-0.2, 0) is 0 Å². The van der Waals surface area contributed by atoms with Crippen LogP contribution in [0.5, 0.6) is 34.5 Å². The van der Waals surface area contributed by atoms with E-state index in [0.717, 1.165) is 39.3 Å². The fourth-order valence-electron chi connectivity index (χ4n) is 10.6. The molecule has 4 aliphatic heterocycles. The Morgan fingerprint density at radius 3 is 1.08 bits per heavy atom. The second-order valence-corrected chi connectivity index (χ2v) is 18.9. The highest BCUT2D eigenvalue weighted by Gasteiger charge is 2.42. The van der Waals surface area contributed by atoms with Crippen LogP contribution in [0.25, 0.3) is 0 Å². The second-order valence-electron chi connectivity index (χ2n) is 18.9. The van der Waals surface area contributed by atoms with Crippen LogP contribution in [0.1, 0.15) is 89.2 Å². The first-order chi connectivity index (χ1) is 36.3. The molecule has 10 rings (SSSR count). The molecule has 398 valence electrons. The van der Waals surface area contributed by atoms with Gasteiger partial charge in [0, 0.05) is 71.1 Å². The Kier molecular flexibility index (Phi) is 16.6. The van der Waals surface area contributed by atoms with E-state index >= 15 is 0 Å². The number of likely N-dealkylation sites (tertiary alicyclic amines) is 2. The number of hydrogen-bond donors (Lipinski definition) is 0. The van der Waals surface area contributed by atoms with E-state index in [0.29, 0.717) is 70.0 Å². The van der Waals surface area contributed by atoms with E-state index < -0.39 is 93.0 Å². The first-order valence-electron chi connectivity index (χ1n) is 24.8. The molecule has 0 spiro atoms. The Morgan fingerprint density at radius 2 is 0.733 bits per heavy atom. The second kappa shape index (κ2) is 23.5. The third kappa shape index (κ3) is 11.2. The lowest BCUT2D eigenvalue weighted by atomic mass is 9.75. The van der Waals surface area contributed by atoms with Crippen molar-refractivity contribution >= 4 is 0 Å². The average molecular weight is 1050 g/mol. The first-order valence-corrected chi connectivity index (χ1v) is 24.8. The van der Waals surface area contributed by atoms with Gasteiger partial charge < -0.3 is 28.4 Å². The molecule has 75 heavy (non-hydrogen) atoms. The maximum atomic E-state index is 14.9. The van der Waals surface area contributed by atoms with Gasteiger partial charge in [-0.3, -0.25) is 9.80 Å². The molecule has 0 aromatic heterocycles. The summed E-state index contributed by atoms with van der Waals surface area (Å²) in [4.78, 5) is 4.69. The molecule has 0 bridgehead atoms. The molecule has 6 aromatic carbocycles. The van der Waals surface area contributed by atoms with Gasteiger partial charge in [0.2, 0.25) is 11.6 Å². The molecule has 0 saturated carbocycles. The summed E-state index contributed by atoms with van der Waals surface area (Å²) in [5.41, 5.74) is 0.546. The number of nitrogens with zero attached hydrogens (tertiary/aromatic N) is 2. The quantitative estimate of drug-likeness (QED) is 0.0607. The summed E-state index contributed by atoms with van der Waals surface area (Å²) in [5.74, 6) is -20.4. The first kappa shape index (κ1) is 53.2. The summed E-state index contributed by atoms with van der Waals surface area (Å²) in [6.07, 6.45) is 6.02. The topological polar surface area (TPSA) is 61.9 Å².